The molecule has 1 rings (SSSR count). The van der Waals surface area contributed by atoms with Gasteiger partial charge >= 0.3 is 0 Å². The van der Waals surface area contributed by atoms with Gasteiger partial charge in [0.2, 0.25) is 15.9 Å². The molecular formula is C12H19N3O4S. The van der Waals surface area contributed by atoms with Crippen molar-refractivity contribution in [3.8, 4) is 0 Å². The van der Waals surface area contributed by atoms with Gasteiger partial charge in [0.25, 0.3) is 0 Å². The molecule has 0 fully saturated rings. The van der Waals surface area contributed by atoms with Crippen molar-refractivity contribution >= 4 is 21.6 Å². The first-order valence-electron chi connectivity index (χ1n) is 6.02. The molecule has 0 aliphatic carbocycles. The van der Waals surface area contributed by atoms with Crippen LogP contribution in [0.4, 0.5) is 5.69 Å². The fraction of sp³-hybridized carbons (Fsp3) is 0.417. The summed E-state index contributed by atoms with van der Waals surface area (Å²) >= 11 is 0. The van der Waals surface area contributed by atoms with Crippen LogP contribution < -0.4 is 15.4 Å². The van der Waals surface area contributed by atoms with Crippen LogP contribution in [-0.4, -0.2) is 48.2 Å². The standard InChI is InChI=1S/C12H19N3O4S/c1-13-20(17,18)11-5-3-4-10(8-11)15-12(16)9-14-6-7-19-2/h3-5,8,13-14H,6-7,9H2,1-2H3,(H,15,16). The van der Waals surface area contributed by atoms with Crippen LogP contribution in [0.5, 0.6) is 0 Å². The van der Waals surface area contributed by atoms with Gasteiger partial charge in [0.05, 0.1) is 18.0 Å². The Bertz CT molecular complexity index is 545. The number of rotatable bonds is 8. The summed E-state index contributed by atoms with van der Waals surface area (Å²) < 4.78 is 30.3. The van der Waals surface area contributed by atoms with Crippen molar-refractivity contribution in [3.63, 3.8) is 0 Å². The first-order chi connectivity index (χ1) is 9.49. The molecule has 1 aromatic carbocycles. The average molecular weight is 301 g/mol. The maximum Gasteiger partial charge on any atom is 0.240 e. The van der Waals surface area contributed by atoms with Crippen LogP contribution in [0.3, 0.4) is 0 Å². The fourth-order valence-electron chi connectivity index (χ4n) is 1.44. The van der Waals surface area contributed by atoms with Gasteiger partial charge in [0.1, 0.15) is 0 Å². The van der Waals surface area contributed by atoms with Gasteiger partial charge in [0.15, 0.2) is 0 Å². The van der Waals surface area contributed by atoms with Crippen LogP contribution in [0, 0.1) is 0 Å². The number of carbonyl (C=O) groups excluding carboxylic acids is 1. The lowest BCUT2D eigenvalue weighted by molar-refractivity contribution is -0.115. The van der Waals surface area contributed by atoms with E-state index in [-0.39, 0.29) is 17.3 Å². The van der Waals surface area contributed by atoms with E-state index in [9.17, 15) is 13.2 Å². The smallest absolute Gasteiger partial charge is 0.240 e. The highest BCUT2D eigenvalue weighted by Gasteiger charge is 2.12. The molecule has 0 aromatic heterocycles. The third-order valence-electron chi connectivity index (χ3n) is 2.47. The van der Waals surface area contributed by atoms with Gasteiger partial charge in [0, 0.05) is 19.3 Å². The van der Waals surface area contributed by atoms with Crippen LogP contribution in [0.25, 0.3) is 0 Å². The van der Waals surface area contributed by atoms with Gasteiger partial charge in [-0.25, -0.2) is 13.1 Å². The topological polar surface area (TPSA) is 96.5 Å². The maximum absolute atomic E-state index is 11.6. The molecule has 0 aliphatic rings. The molecule has 112 valence electrons. The Morgan fingerprint density at radius 2 is 2.10 bits per heavy atom. The van der Waals surface area contributed by atoms with Crippen LogP contribution in [0.15, 0.2) is 29.2 Å². The molecular weight excluding hydrogens is 282 g/mol. The van der Waals surface area contributed by atoms with Gasteiger partial charge in [-0.15, -0.1) is 0 Å². The summed E-state index contributed by atoms with van der Waals surface area (Å²) in [5.74, 6) is -0.250. The number of sulfonamides is 1. The summed E-state index contributed by atoms with van der Waals surface area (Å²) in [6, 6.07) is 6.05. The number of hydrogen-bond donors (Lipinski definition) is 3. The van der Waals surface area contributed by atoms with Crippen LogP contribution in [0.1, 0.15) is 0 Å². The lowest BCUT2D eigenvalue weighted by Gasteiger charge is -2.08. The zero-order valence-corrected chi connectivity index (χ0v) is 12.3. The highest BCUT2D eigenvalue weighted by Crippen LogP contribution is 2.14. The van der Waals surface area contributed by atoms with Crippen molar-refractivity contribution in [1.29, 1.82) is 0 Å². The van der Waals surface area contributed by atoms with E-state index in [1.165, 1.54) is 19.2 Å². The number of benzene rings is 1. The molecule has 7 nitrogen and oxygen atoms in total. The monoisotopic (exact) mass is 301 g/mol. The molecule has 20 heavy (non-hydrogen) atoms. The van der Waals surface area contributed by atoms with Crippen molar-refractivity contribution in [3.05, 3.63) is 24.3 Å². The van der Waals surface area contributed by atoms with Crippen LogP contribution in [-0.2, 0) is 19.6 Å². The van der Waals surface area contributed by atoms with E-state index in [4.69, 9.17) is 4.74 Å². The minimum Gasteiger partial charge on any atom is -0.383 e. The summed E-state index contributed by atoms with van der Waals surface area (Å²) in [5, 5.41) is 5.52. The van der Waals surface area contributed by atoms with Crippen molar-refractivity contribution in [2.45, 2.75) is 4.90 Å². The van der Waals surface area contributed by atoms with Gasteiger partial charge in [-0.2, -0.15) is 0 Å². The Morgan fingerprint density at radius 1 is 1.35 bits per heavy atom. The Morgan fingerprint density at radius 3 is 2.75 bits per heavy atom. The SMILES string of the molecule is CNS(=O)(=O)c1cccc(NC(=O)CNCCOC)c1. The number of carbonyl (C=O) groups is 1. The minimum absolute atomic E-state index is 0.102. The zero-order chi connectivity index (χ0) is 15.0. The first-order valence-corrected chi connectivity index (χ1v) is 7.51. The van der Waals surface area contributed by atoms with Crippen LogP contribution in [0.2, 0.25) is 0 Å². The predicted octanol–water partition coefficient (Wildman–Crippen LogP) is -0.231. The lowest BCUT2D eigenvalue weighted by atomic mass is 10.3. The van der Waals surface area contributed by atoms with Crippen LogP contribution >= 0.6 is 0 Å². The van der Waals surface area contributed by atoms with E-state index < -0.39 is 10.0 Å². The Kier molecular flexibility index (Phi) is 6.59. The van der Waals surface area contributed by atoms with Gasteiger partial charge in [-0.1, -0.05) is 6.07 Å². The van der Waals surface area contributed by atoms with E-state index in [2.05, 4.69) is 15.4 Å². The quantitative estimate of drug-likeness (QED) is 0.576. The number of nitrogens with one attached hydrogen (secondary N) is 3. The summed E-state index contributed by atoms with van der Waals surface area (Å²) in [5.41, 5.74) is 0.430. The van der Waals surface area contributed by atoms with E-state index >= 15 is 0 Å². The third-order valence-corrected chi connectivity index (χ3v) is 3.88. The number of methoxy groups -OCH3 is 1. The molecule has 8 heteroatoms. The van der Waals surface area contributed by atoms with Gasteiger partial charge in [-0.05, 0) is 25.2 Å². The molecule has 0 spiro atoms. The molecule has 0 aliphatic heterocycles. The largest absolute Gasteiger partial charge is 0.383 e. The second-order valence-electron chi connectivity index (χ2n) is 3.95. The fourth-order valence-corrected chi connectivity index (χ4v) is 2.22. The van der Waals surface area contributed by atoms with E-state index in [1.54, 1.807) is 19.2 Å². The molecule has 1 aromatic rings. The summed E-state index contributed by atoms with van der Waals surface area (Å²) in [6.07, 6.45) is 0. The van der Waals surface area contributed by atoms with Crippen molar-refractivity contribution in [2.24, 2.45) is 0 Å². The van der Waals surface area contributed by atoms with E-state index in [0.717, 1.165) is 0 Å². The highest BCUT2D eigenvalue weighted by molar-refractivity contribution is 7.89. The molecule has 0 bridgehead atoms. The molecule has 0 radical (unpaired) electrons. The van der Waals surface area contributed by atoms with Gasteiger partial charge in [-0.3, -0.25) is 4.79 Å². The number of anilines is 1. The molecule has 0 saturated carbocycles. The lowest BCUT2D eigenvalue weighted by Crippen LogP contribution is -2.30. The number of hydrogen-bond acceptors (Lipinski definition) is 5. The maximum atomic E-state index is 11.6. The Hall–Kier alpha value is -1.48. The molecule has 0 saturated heterocycles. The van der Waals surface area contributed by atoms with E-state index in [1.807, 2.05) is 0 Å². The summed E-state index contributed by atoms with van der Waals surface area (Å²) in [6.45, 7) is 1.22. The molecule has 0 unspecified atom stereocenters. The minimum atomic E-state index is -3.51. The first kappa shape index (κ1) is 16.6. The zero-order valence-electron chi connectivity index (χ0n) is 11.5. The van der Waals surface area contributed by atoms with Crippen molar-refractivity contribution in [2.75, 3.05) is 39.2 Å². The number of amides is 1. The Labute approximate surface area is 118 Å². The van der Waals surface area contributed by atoms with Crippen molar-refractivity contribution < 1.29 is 17.9 Å². The molecule has 0 heterocycles. The summed E-state index contributed by atoms with van der Waals surface area (Å²) in [7, 11) is -0.602. The molecule has 0 atom stereocenters. The molecule has 3 N–H and O–H groups in total. The second kappa shape index (κ2) is 7.95. The summed E-state index contributed by atoms with van der Waals surface area (Å²) in [4.78, 5) is 11.7. The molecule has 1 amide bonds. The van der Waals surface area contributed by atoms with Crippen molar-refractivity contribution in [1.82, 2.24) is 10.0 Å². The Balaban J connectivity index is 2.60. The second-order valence-corrected chi connectivity index (χ2v) is 5.84. The predicted molar refractivity (Wildman–Crippen MR) is 76.1 cm³/mol. The normalized spacial score (nSPS) is 11.3. The van der Waals surface area contributed by atoms with Gasteiger partial charge < -0.3 is 15.4 Å². The third kappa shape index (κ3) is 5.25. The van der Waals surface area contributed by atoms with E-state index in [0.29, 0.717) is 18.8 Å². The average Bonchev–Trinajstić information content (AvgIpc) is 2.44. The highest BCUT2D eigenvalue weighted by atomic mass is 32.2. The number of ether oxygens (including phenoxy) is 1.